The van der Waals surface area contributed by atoms with Crippen LogP contribution in [0.25, 0.3) is 0 Å². The number of rotatable bonds is 2. The third-order valence-corrected chi connectivity index (χ3v) is 9.30. The molecule has 5 fully saturated rings. The van der Waals surface area contributed by atoms with E-state index in [2.05, 4.69) is 20.8 Å². The number of esters is 1. The van der Waals surface area contributed by atoms with Crippen LogP contribution in [0.2, 0.25) is 0 Å². The van der Waals surface area contributed by atoms with Crippen LogP contribution in [-0.4, -0.2) is 60.9 Å². The molecule has 27 heavy (non-hydrogen) atoms. The summed E-state index contributed by atoms with van der Waals surface area (Å²) in [6.45, 7) is 7.21. The van der Waals surface area contributed by atoms with Crippen LogP contribution in [0.3, 0.4) is 0 Å². The zero-order chi connectivity index (χ0) is 18.6. The monoisotopic (exact) mass is 374 g/mol. The van der Waals surface area contributed by atoms with E-state index in [4.69, 9.17) is 23.7 Å². The molecule has 0 aromatic rings. The molecular weight excluding hydrogens is 348 g/mol. The van der Waals surface area contributed by atoms with E-state index in [1.807, 2.05) is 0 Å². The van der Waals surface area contributed by atoms with Gasteiger partial charge in [-0.25, -0.2) is 4.79 Å². The molecule has 2 saturated carbocycles. The van der Waals surface area contributed by atoms with Crippen LogP contribution in [0.15, 0.2) is 11.1 Å². The van der Waals surface area contributed by atoms with Crippen molar-refractivity contribution in [3.63, 3.8) is 0 Å². The zero-order valence-corrected chi connectivity index (χ0v) is 16.2. The van der Waals surface area contributed by atoms with Gasteiger partial charge in [0.25, 0.3) is 0 Å². The molecule has 0 aromatic heterocycles. The molecule has 7 aliphatic rings. The standard InChI is InChI=1S/C21H26O6/c1-9(2)19-14(26-19)15-21(27-15)18(3)6-5-10-11(8-24-16(10)22)12(18)7-13-20(21,25-13)17(19)23-4/h9,12-15,17H,5-8H2,1-4H3/t12?,13-,14-,15-,17?,18-,19-,20+,21+/m0/s1. The van der Waals surface area contributed by atoms with Crippen molar-refractivity contribution in [2.45, 2.75) is 81.3 Å². The molecule has 4 aliphatic heterocycles. The van der Waals surface area contributed by atoms with Crippen molar-refractivity contribution in [3.05, 3.63) is 11.1 Å². The number of epoxide rings is 3. The largest absolute Gasteiger partial charge is 0.458 e. The molecule has 2 unspecified atom stereocenters. The Hall–Kier alpha value is -0.950. The van der Waals surface area contributed by atoms with Gasteiger partial charge in [-0.15, -0.1) is 0 Å². The summed E-state index contributed by atoms with van der Waals surface area (Å²) in [4.78, 5) is 12.1. The Bertz CT molecular complexity index is 835. The Morgan fingerprint density at radius 2 is 2.00 bits per heavy atom. The van der Waals surface area contributed by atoms with E-state index in [1.165, 1.54) is 5.57 Å². The van der Waals surface area contributed by atoms with Crippen LogP contribution in [0.1, 0.15) is 40.0 Å². The van der Waals surface area contributed by atoms with Crippen molar-refractivity contribution in [3.8, 4) is 0 Å². The van der Waals surface area contributed by atoms with Gasteiger partial charge in [0.1, 0.15) is 36.1 Å². The van der Waals surface area contributed by atoms with E-state index in [1.54, 1.807) is 7.11 Å². The van der Waals surface area contributed by atoms with Crippen LogP contribution in [0, 0.1) is 17.3 Å². The van der Waals surface area contributed by atoms with E-state index in [0.29, 0.717) is 12.5 Å². The maximum absolute atomic E-state index is 12.1. The van der Waals surface area contributed by atoms with E-state index < -0.39 is 5.60 Å². The number of methoxy groups -OCH3 is 1. The van der Waals surface area contributed by atoms with Gasteiger partial charge in [0.15, 0.2) is 5.60 Å². The molecule has 0 aromatic carbocycles. The maximum Gasteiger partial charge on any atom is 0.334 e. The summed E-state index contributed by atoms with van der Waals surface area (Å²) in [6.07, 6.45) is 2.79. The fourth-order valence-corrected chi connectivity index (χ4v) is 8.02. The molecule has 9 atom stereocenters. The molecule has 0 N–H and O–H groups in total. The first-order valence-electron chi connectivity index (χ1n) is 10.3. The number of hydrogen-bond acceptors (Lipinski definition) is 6. The lowest BCUT2D eigenvalue weighted by molar-refractivity contribution is -0.136. The van der Waals surface area contributed by atoms with Crippen LogP contribution < -0.4 is 0 Å². The lowest BCUT2D eigenvalue weighted by Crippen LogP contribution is -2.69. The number of cyclic esters (lactones) is 1. The lowest BCUT2D eigenvalue weighted by Gasteiger charge is -2.53. The average molecular weight is 374 g/mol. The third-order valence-electron chi connectivity index (χ3n) is 9.30. The van der Waals surface area contributed by atoms with E-state index in [-0.39, 0.29) is 52.9 Å². The second-order valence-corrected chi connectivity index (χ2v) is 10.1. The van der Waals surface area contributed by atoms with E-state index in [9.17, 15) is 4.79 Å². The molecule has 2 spiro atoms. The predicted octanol–water partition coefficient (Wildman–Crippen LogP) is 1.76. The molecule has 146 valence electrons. The maximum atomic E-state index is 12.1. The lowest BCUT2D eigenvalue weighted by atomic mass is 9.46. The first-order chi connectivity index (χ1) is 12.9. The Morgan fingerprint density at radius 1 is 1.19 bits per heavy atom. The van der Waals surface area contributed by atoms with Gasteiger partial charge in [0.05, 0.1) is 6.10 Å². The average Bonchev–Trinajstić information content (AvgIpc) is 3.52. The number of carbonyl (C=O) groups is 1. The van der Waals surface area contributed by atoms with Crippen molar-refractivity contribution in [2.24, 2.45) is 17.3 Å². The quantitative estimate of drug-likeness (QED) is 0.542. The van der Waals surface area contributed by atoms with Gasteiger partial charge in [-0.05, 0) is 36.7 Å². The van der Waals surface area contributed by atoms with E-state index >= 15 is 0 Å². The summed E-state index contributed by atoms with van der Waals surface area (Å²) in [7, 11) is 1.79. The van der Waals surface area contributed by atoms with E-state index in [0.717, 1.165) is 24.8 Å². The first-order valence-corrected chi connectivity index (χ1v) is 10.3. The highest BCUT2D eigenvalue weighted by atomic mass is 16.8. The van der Waals surface area contributed by atoms with Gasteiger partial charge in [-0.1, -0.05) is 20.8 Å². The summed E-state index contributed by atoms with van der Waals surface area (Å²) in [5.41, 5.74) is 0.978. The summed E-state index contributed by atoms with van der Waals surface area (Å²) in [6, 6.07) is 0. The molecule has 0 radical (unpaired) electrons. The van der Waals surface area contributed by atoms with Gasteiger partial charge in [0.2, 0.25) is 0 Å². The number of ether oxygens (including phenoxy) is 5. The molecule has 3 saturated heterocycles. The normalized spacial score (nSPS) is 61.2. The highest BCUT2D eigenvalue weighted by Gasteiger charge is 3.00. The number of fused-ring (bicyclic) bond motifs is 4. The highest BCUT2D eigenvalue weighted by molar-refractivity contribution is 5.92. The SMILES string of the molecule is COC1[C@@]2(C(C)C)O[C@H]2[C@@H]2O[C@@]23[C@@]2(C)CCC4=C(COC4=O)C2C[C@@H]2O[C@@]123. The highest BCUT2D eigenvalue weighted by Crippen LogP contribution is 2.83. The van der Waals surface area contributed by atoms with Gasteiger partial charge in [-0.2, -0.15) is 0 Å². The van der Waals surface area contributed by atoms with Crippen LogP contribution in [0.4, 0.5) is 0 Å². The Balaban J connectivity index is 1.39. The van der Waals surface area contributed by atoms with Crippen molar-refractivity contribution >= 4 is 5.97 Å². The van der Waals surface area contributed by atoms with Gasteiger partial charge in [0, 0.05) is 18.1 Å². The minimum absolute atomic E-state index is 0.0734. The zero-order valence-electron chi connectivity index (χ0n) is 16.2. The Morgan fingerprint density at radius 3 is 2.74 bits per heavy atom. The molecule has 4 heterocycles. The third kappa shape index (κ3) is 1.30. The van der Waals surface area contributed by atoms with Crippen molar-refractivity contribution in [2.75, 3.05) is 13.7 Å². The van der Waals surface area contributed by atoms with Crippen LogP contribution in [0.5, 0.6) is 0 Å². The molecule has 6 heteroatoms. The fraction of sp³-hybridized carbons (Fsp3) is 0.857. The van der Waals surface area contributed by atoms with Crippen molar-refractivity contribution < 1.29 is 28.5 Å². The summed E-state index contributed by atoms with van der Waals surface area (Å²) < 4.78 is 31.1. The summed E-state index contributed by atoms with van der Waals surface area (Å²) in [5.74, 6) is 0.510. The summed E-state index contributed by atoms with van der Waals surface area (Å²) in [5, 5.41) is 0. The molecule has 3 aliphatic carbocycles. The topological polar surface area (TPSA) is 73.1 Å². The molecule has 0 bridgehead atoms. The van der Waals surface area contributed by atoms with Gasteiger partial charge in [-0.3, -0.25) is 0 Å². The van der Waals surface area contributed by atoms with Crippen LogP contribution in [-0.2, 0) is 28.5 Å². The number of carbonyl (C=O) groups excluding carboxylic acids is 1. The van der Waals surface area contributed by atoms with Crippen LogP contribution >= 0.6 is 0 Å². The second-order valence-electron chi connectivity index (χ2n) is 10.1. The second kappa shape index (κ2) is 4.16. The Labute approximate surface area is 158 Å². The molecule has 0 amide bonds. The minimum Gasteiger partial charge on any atom is -0.458 e. The van der Waals surface area contributed by atoms with Gasteiger partial charge >= 0.3 is 5.97 Å². The summed E-state index contributed by atoms with van der Waals surface area (Å²) >= 11 is 0. The number of hydrogen-bond donors (Lipinski definition) is 0. The molecular formula is C21H26O6. The van der Waals surface area contributed by atoms with Crippen molar-refractivity contribution in [1.82, 2.24) is 0 Å². The first kappa shape index (κ1) is 15.9. The molecule has 6 nitrogen and oxygen atoms in total. The Kier molecular flexibility index (Phi) is 2.45. The van der Waals surface area contributed by atoms with Gasteiger partial charge < -0.3 is 23.7 Å². The molecule has 7 rings (SSSR count). The van der Waals surface area contributed by atoms with Crippen molar-refractivity contribution in [1.29, 1.82) is 0 Å². The minimum atomic E-state index is -0.406. The smallest absolute Gasteiger partial charge is 0.334 e. The predicted molar refractivity (Wildman–Crippen MR) is 91.9 cm³/mol. The fourth-order valence-electron chi connectivity index (χ4n) is 8.02.